The molecule has 0 aliphatic heterocycles. The highest BCUT2D eigenvalue weighted by atomic mass is 16.5. The van der Waals surface area contributed by atoms with Gasteiger partial charge in [-0.1, -0.05) is 30.3 Å². The van der Waals surface area contributed by atoms with Crippen molar-refractivity contribution < 1.29 is 19.4 Å². The summed E-state index contributed by atoms with van der Waals surface area (Å²) in [6.45, 7) is 1.72. The van der Waals surface area contributed by atoms with Crippen LogP contribution < -0.4 is 4.74 Å². The lowest BCUT2D eigenvalue weighted by Gasteiger charge is -2.11. The van der Waals surface area contributed by atoms with E-state index in [1.54, 1.807) is 37.3 Å². The Morgan fingerprint density at radius 1 is 1.05 bits per heavy atom. The summed E-state index contributed by atoms with van der Waals surface area (Å²) in [5, 5.41) is 9.21. The molecule has 2 aromatic carbocycles. The summed E-state index contributed by atoms with van der Waals surface area (Å²) in [6, 6.07) is 11.7. The predicted octanol–water partition coefficient (Wildman–Crippen LogP) is 2.93. The highest BCUT2D eigenvalue weighted by Gasteiger charge is 2.18. The van der Waals surface area contributed by atoms with Crippen LogP contribution in [-0.2, 0) is 0 Å². The Bertz CT molecular complexity index is 660. The number of carboxylic acid groups (broad SMARTS) is 1. The van der Waals surface area contributed by atoms with E-state index >= 15 is 0 Å². The molecule has 0 aliphatic carbocycles. The summed E-state index contributed by atoms with van der Waals surface area (Å²) in [7, 11) is 1.41. The van der Waals surface area contributed by atoms with Crippen LogP contribution in [-0.4, -0.2) is 24.0 Å². The summed E-state index contributed by atoms with van der Waals surface area (Å²) < 4.78 is 5.09. The van der Waals surface area contributed by atoms with E-state index in [4.69, 9.17) is 4.74 Å². The second-order valence-corrected chi connectivity index (χ2v) is 4.37. The Labute approximate surface area is 116 Å². The lowest BCUT2D eigenvalue weighted by molar-refractivity contribution is 0.0693. The van der Waals surface area contributed by atoms with E-state index in [0.29, 0.717) is 16.7 Å². The van der Waals surface area contributed by atoms with Crippen LogP contribution in [0.4, 0.5) is 0 Å². The molecule has 2 aromatic rings. The minimum absolute atomic E-state index is 0.00761. The first kappa shape index (κ1) is 13.8. The lowest BCUT2D eigenvalue weighted by Crippen LogP contribution is -2.07. The fraction of sp³-hybridized carbons (Fsp3) is 0.125. The van der Waals surface area contributed by atoms with Gasteiger partial charge in [0.05, 0.1) is 7.11 Å². The third-order valence-corrected chi connectivity index (χ3v) is 3.01. The predicted molar refractivity (Wildman–Crippen MR) is 74.6 cm³/mol. The van der Waals surface area contributed by atoms with E-state index in [1.165, 1.54) is 13.2 Å². The first-order valence-electron chi connectivity index (χ1n) is 6.06. The van der Waals surface area contributed by atoms with E-state index in [-0.39, 0.29) is 17.1 Å². The van der Waals surface area contributed by atoms with E-state index in [1.807, 2.05) is 6.07 Å². The van der Waals surface area contributed by atoms with Crippen molar-refractivity contribution in [2.45, 2.75) is 6.92 Å². The van der Waals surface area contributed by atoms with Crippen molar-refractivity contribution in [1.29, 1.82) is 0 Å². The molecule has 0 aliphatic rings. The molecule has 0 aromatic heterocycles. The molecule has 102 valence electrons. The minimum atomic E-state index is -1.12. The van der Waals surface area contributed by atoms with Gasteiger partial charge in [0.25, 0.3) is 0 Å². The van der Waals surface area contributed by atoms with Crippen molar-refractivity contribution in [1.82, 2.24) is 0 Å². The molecule has 0 amide bonds. The first-order valence-corrected chi connectivity index (χ1v) is 6.06. The maximum Gasteiger partial charge on any atom is 0.339 e. The largest absolute Gasteiger partial charge is 0.496 e. The molecule has 2 rings (SSSR count). The van der Waals surface area contributed by atoms with Crippen LogP contribution in [0, 0.1) is 6.92 Å². The van der Waals surface area contributed by atoms with Gasteiger partial charge in [-0.3, -0.25) is 4.79 Å². The Hall–Kier alpha value is -2.62. The smallest absolute Gasteiger partial charge is 0.339 e. The summed E-state index contributed by atoms with van der Waals surface area (Å²) >= 11 is 0. The number of carboxylic acids is 1. The molecular weight excluding hydrogens is 256 g/mol. The number of hydrogen-bond donors (Lipinski definition) is 1. The Kier molecular flexibility index (Phi) is 3.84. The van der Waals surface area contributed by atoms with Crippen molar-refractivity contribution in [2.75, 3.05) is 7.11 Å². The van der Waals surface area contributed by atoms with Crippen LogP contribution in [0.25, 0.3) is 0 Å². The Balaban J connectivity index is 2.54. The number of aromatic carboxylic acids is 1. The van der Waals surface area contributed by atoms with Crippen LogP contribution in [0.5, 0.6) is 5.75 Å². The van der Waals surface area contributed by atoms with Crippen molar-refractivity contribution >= 4 is 11.8 Å². The third-order valence-electron chi connectivity index (χ3n) is 3.01. The van der Waals surface area contributed by atoms with Gasteiger partial charge < -0.3 is 9.84 Å². The molecule has 0 bridgehead atoms. The number of carbonyl (C=O) groups excluding carboxylic acids is 1. The van der Waals surface area contributed by atoms with Gasteiger partial charge >= 0.3 is 5.97 Å². The molecule has 0 atom stereocenters. The molecule has 20 heavy (non-hydrogen) atoms. The molecule has 1 N–H and O–H groups in total. The van der Waals surface area contributed by atoms with Crippen LogP contribution in [0.3, 0.4) is 0 Å². The molecular formula is C16H14O4. The number of ketones is 1. The SMILES string of the molecule is COc1c(C)cc(C(=O)c2ccccc2)cc1C(=O)O. The number of aryl methyl sites for hydroxylation is 1. The van der Waals surface area contributed by atoms with E-state index < -0.39 is 5.97 Å². The zero-order valence-electron chi connectivity index (χ0n) is 11.2. The second kappa shape index (κ2) is 5.57. The van der Waals surface area contributed by atoms with Gasteiger partial charge in [0.2, 0.25) is 0 Å². The molecule has 0 saturated carbocycles. The van der Waals surface area contributed by atoms with Crippen molar-refractivity contribution in [3.63, 3.8) is 0 Å². The average Bonchev–Trinajstić information content (AvgIpc) is 2.46. The first-order chi connectivity index (χ1) is 9.54. The number of methoxy groups -OCH3 is 1. The van der Waals surface area contributed by atoms with Crippen LogP contribution in [0.1, 0.15) is 31.8 Å². The zero-order chi connectivity index (χ0) is 14.7. The van der Waals surface area contributed by atoms with E-state index in [2.05, 4.69) is 0 Å². The van der Waals surface area contributed by atoms with Gasteiger partial charge in [-0.05, 0) is 24.6 Å². The highest BCUT2D eigenvalue weighted by molar-refractivity contribution is 6.10. The fourth-order valence-corrected chi connectivity index (χ4v) is 2.09. The summed E-state index contributed by atoms with van der Waals surface area (Å²) in [4.78, 5) is 23.6. The zero-order valence-corrected chi connectivity index (χ0v) is 11.2. The fourth-order valence-electron chi connectivity index (χ4n) is 2.09. The average molecular weight is 270 g/mol. The van der Waals surface area contributed by atoms with Gasteiger partial charge in [-0.15, -0.1) is 0 Å². The van der Waals surface area contributed by atoms with Crippen molar-refractivity contribution in [3.8, 4) is 5.75 Å². The van der Waals surface area contributed by atoms with E-state index in [9.17, 15) is 14.7 Å². The van der Waals surface area contributed by atoms with Crippen LogP contribution in [0.2, 0.25) is 0 Å². The monoisotopic (exact) mass is 270 g/mol. The van der Waals surface area contributed by atoms with Crippen molar-refractivity contribution in [2.24, 2.45) is 0 Å². The van der Waals surface area contributed by atoms with Gasteiger partial charge in [0.1, 0.15) is 11.3 Å². The molecule has 4 heteroatoms. The number of benzene rings is 2. The number of rotatable bonds is 4. The Morgan fingerprint density at radius 3 is 2.25 bits per heavy atom. The molecule has 0 spiro atoms. The van der Waals surface area contributed by atoms with Gasteiger partial charge in [0, 0.05) is 11.1 Å². The van der Waals surface area contributed by atoms with Gasteiger partial charge in [0.15, 0.2) is 5.78 Å². The third kappa shape index (κ3) is 2.54. The maximum absolute atomic E-state index is 12.3. The normalized spacial score (nSPS) is 10.1. The molecule has 4 nitrogen and oxygen atoms in total. The van der Waals surface area contributed by atoms with Crippen molar-refractivity contribution in [3.05, 3.63) is 64.7 Å². The number of carbonyl (C=O) groups is 2. The second-order valence-electron chi connectivity index (χ2n) is 4.37. The van der Waals surface area contributed by atoms with Gasteiger partial charge in [-0.25, -0.2) is 4.79 Å². The molecule has 0 radical (unpaired) electrons. The number of ether oxygens (including phenoxy) is 1. The maximum atomic E-state index is 12.3. The molecule has 0 heterocycles. The lowest BCUT2D eigenvalue weighted by atomic mass is 9.98. The molecule has 0 unspecified atom stereocenters. The Morgan fingerprint density at radius 2 is 1.70 bits per heavy atom. The highest BCUT2D eigenvalue weighted by Crippen LogP contribution is 2.26. The minimum Gasteiger partial charge on any atom is -0.496 e. The standard InChI is InChI=1S/C16H14O4/c1-10-8-12(9-13(16(18)19)15(10)20-2)14(17)11-6-4-3-5-7-11/h3-9H,1-2H3,(H,18,19). The quantitative estimate of drug-likeness (QED) is 0.867. The van der Waals surface area contributed by atoms with Crippen LogP contribution >= 0.6 is 0 Å². The summed E-state index contributed by atoms with van der Waals surface area (Å²) in [6.07, 6.45) is 0. The summed E-state index contributed by atoms with van der Waals surface area (Å²) in [5.74, 6) is -1.05. The summed E-state index contributed by atoms with van der Waals surface area (Å²) in [5.41, 5.74) is 1.47. The topological polar surface area (TPSA) is 63.6 Å². The van der Waals surface area contributed by atoms with Crippen LogP contribution in [0.15, 0.2) is 42.5 Å². The number of hydrogen-bond acceptors (Lipinski definition) is 3. The molecule has 0 fully saturated rings. The van der Waals surface area contributed by atoms with E-state index in [0.717, 1.165) is 0 Å². The van der Waals surface area contributed by atoms with Gasteiger partial charge in [-0.2, -0.15) is 0 Å². The molecule has 0 saturated heterocycles.